The van der Waals surface area contributed by atoms with Gasteiger partial charge in [0.05, 0.1) is 0 Å². The van der Waals surface area contributed by atoms with E-state index in [0.29, 0.717) is 19.0 Å². The molecule has 0 spiro atoms. The van der Waals surface area contributed by atoms with Gasteiger partial charge in [-0.05, 0) is 37.6 Å². The normalized spacial score (nSPS) is 23.4. The van der Waals surface area contributed by atoms with E-state index in [1.54, 1.807) is 0 Å². The number of rotatable bonds is 5. The molecule has 88 valence electrons. The number of hydrogen-bond acceptors (Lipinski definition) is 3. The SMILES string of the molecule is NCC(CNC(=O)O)C[C@@H]1CCCOC1. The number of nitrogens with one attached hydrogen (secondary N) is 1. The van der Waals surface area contributed by atoms with Gasteiger partial charge in [-0.2, -0.15) is 0 Å². The first-order valence-corrected chi connectivity index (χ1v) is 5.47. The fraction of sp³-hybridized carbons (Fsp3) is 0.900. The highest BCUT2D eigenvalue weighted by Gasteiger charge is 2.18. The Hall–Kier alpha value is -0.810. The van der Waals surface area contributed by atoms with E-state index in [-0.39, 0.29) is 5.92 Å². The fourth-order valence-corrected chi connectivity index (χ4v) is 1.96. The lowest BCUT2D eigenvalue weighted by atomic mass is 9.90. The summed E-state index contributed by atoms with van der Waals surface area (Å²) < 4.78 is 5.38. The second-order valence-corrected chi connectivity index (χ2v) is 4.11. The summed E-state index contributed by atoms with van der Waals surface area (Å²) in [6, 6.07) is 0. The van der Waals surface area contributed by atoms with E-state index in [4.69, 9.17) is 15.6 Å². The fourth-order valence-electron chi connectivity index (χ4n) is 1.96. The first-order valence-electron chi connectivity index (χ1n) is 5.47. The van der Waals surface area contributed by atoms with Crippen LogP contribution in [0.25, 0.3) is 0 Å². The largest absolute Gasteiger partial charge is 0.465 e. The maximum absolute atomic E-state index is 10.3. The lowest BCUT2D eigenvalue weighted by Gasteiger charge is -2.25. The van der Waals surface area contributed by atoms with Gasteiger partial charge in [0.15, 0.2) is 0 Å². The summed E-state index contributed by atoms with van der Waals surface area (Å²) in [5.74, 6) is 0.774. The molecule has 1 unspecified atom stereocenters. The molecular weight excluding hydrogens is 196 g/mol. The van der Waals surface area contributed by atoms with Crippen molar-refractivity contribution in [1.29, 1.82) is 0 Å². The van der Waals surface area contributed by atoms with Crippen LogP contribution >= 0.6 is 0 Å². The van der Waals surface area contributed by atoms with Crippen LogP contribution < -0.4 is 11.1 Å². The summed E-state index contributed by atoms with van der Waals surface area (Å²) in [4.78, 5) is 10.3. The van der Waals surface area contributed by atoms with Gasteiger partial charge in [-0.3, -0.25) is 0 Å². The van der Waals surface area contributed by atoms with Crippen LogP contribution in [0.4, 0.5) is 4.79 Å². The van der Waals surface area contributed by atoms with Crippen molar-refractivity contribution in [3.63, 3.8) is 0 Å². The quantitative estimate of drug-likeness (QED) is 0.630. The minimum atomic E-state index is -0.978. The van der Waals surface area contributed by atoms with Gasteiger partial charge in [0.25, 0.3) is 0 Å². The van der Waals surface area contributed by atoms with Crippen molar-refractivity contribution in [2.45, 2.75) is 19.3 Å². The summed E-state index contributed by atoms with van der Waals surface area (Å²) in [5.41, 5.74) is 5.60. The maximum atomic E-state index is 10.3. The van der Waals surface area contributed by atoms with Crippen LogP contribution in [0.1, 0.15) is 19.3 Å². The van der Waals surface area contributed by atoms with Crippen LogP contribution in [0.2, 0.25) is 0 Å². The molecule has 1 fully saturated rings. The molecule has 1 aliphatic heterocycles. The highest BCUT2D eigenvalue weighted by molar-refractivity contribution is 5.64. The van der Waals surface area contributed by atoms with Gasteiger partial charge in [0.2, 0.25) is 0 Å². The molecule has 2 atom stereocenters. The van der Waals surface area contributed by atoms with Gasteiger partial charge in [0.1, 0.15) is 0 Å². The Morgan fingerprint density at radius 3 is 3.00 bits per heavy atom. The average molecular weight is 216 g/mol. The van der Waals surface area contributed by atoms with Crippen molar-refractivity contribution in [2.75, 3.05) is 26.3 Å². The molecule has 0 bridgehead atoms. The number of hydrogen-bond donors (Lipinski definition) is 3. The first kappa shape index (κ1) is 12.3. The summed E-state index contributed by atoms with van der Waals surface area (Å²) in [7, 11) is 0. The number of carbonyl (C=O) groups is 1. The Kier molecular flexibility index (Phi) is 5.42. The Labute approximate surface area is 90.0 Å². The summed E-state index contributed by atoms with van der Waals surface area (Å²) in [6.45, 7) is 2.62. The molecule has 0 aromatic rings. The van der Waals surface area contributed by atoms with E-state index in [2.05, 4.69) is 5.32 Å². The lowest BCUT2D eigenvalue weighted by Crippen LogP contribution is -2.34. The van der Waals surface area contributed by atoms with Gasteiger partial charge in [-0.15, -0.1) is 0 Å². The van der Waals surface area contributed by atoms with Crippen molar-refractivity contribution in [1.82, 2.24) is 5.32 Å². The topological polar surface area (TPSA) is 84.6 Å². The molecule has 1 saturated heterocycles. The van der Waals surface area contributed by atoms with Gasteiger partial charge >= 0.3 is 6.09 Å². The first-order chi connectivity index (χ1) is 7.22. The van der Waals surface area contributed by atoms with E-state index in [1.807, 2.05) is 0 Å². The van der Waals surface area contributed by atoms with Crippen LogP contribution in [-0.4, -0.2) is 37.5 Å². The molecule has 15 heavy (non-hydrogen) atoms. The predicted octanol–water partition coefficient (Wildman–Crippen LogP) is 0.646. The van der Waals surface area contributed by atoms with E-state index in [9.17, 15) is 4.79 Å². The van der Waals surface area contributed by atoms with Crippen molar-refractivity contribution in [3.05, 3.63) is 0 Å². The molecule has 0 aliphatic carbocycles. The highest BCUT2D eigenvalue weighted by atomic mass is 16.5. The molecule has 0 aromatic carbocycles. The van der Waals surface area contributed by atoms with Crippen LogP contribution in [0, 0.1) is 11.8 Å². The molecular formula is C10H20N2O3. The van der Waals surface area contributed by atoms with E-state index >= 15 is 0 Å². The number of nitrogens with two attached hydrogens (primary N) is 1. The minimum absolute atomic E-state index is 0.229. The monoisotopic (exact) mass is 216 g/mol. The maximum Gasteiger partial charge on any atom is 0.404 e. The number of carboxylic acid groups (broad SMARTS) is 1. The van der Waals surface area contributed by atoms with Crippen molar-refractivity contribution in [3.8, 4) is 0 Å². The Bertz CT molecular complexity index is 193. The third-order valence-corrected chi connectivity index (χ3v) is 2.80. The third-order valence-electron chi connectivity index (χ3n) is 2.80. The number of amides is 1. The van der Waals surface area contributed by atoms with E-state index in [1.165, 1.54) is 6.42 Å². The molecule has 1 aliphatic rings. The summed E-state index contributed by atoms with van der Waals surface area (Å²) >= 11 is 0. The van der Waals surface area contributed by atoms with Gasteiger partial charge < -0.3 is 20.9 Å². The molecule has 5 heteroatoms. The van der Waals surface area contributed by atoms with Gasteiger partial charge in [-0.25, -0.2) is 4.79 Å². The zero-order valence-corrected chi connectivity index (χ0v) is 8.95. The zero-order chi connectivity index (χ0) is 11.1. The summed E-state index contributed by atoms with van der Waals surface area (Å²) in [5, 5.41) is 10.9. The van der Waals surface area contributed by atoms with E-state index < -0.39 is 6.09 Å². The van der Waals surface area contributed by atoms with Crippen LogP contribution in [0.3, 0.4) is 0 Å². The molecule has 4 N–H and O–H groups in total. The Morgan fingerprint density at radius 2 is 2.47 bits per heavy atom. The highest BCUT2D eigenvalue weighted by Crippen LogP contribution is 2.20. The van der Waals surface area contributed by atoms with Crippen molar-refractivity contribution in [2.24, 2.45) is 17.6 Å². The molecule has 1 amide bonds. The van der Waals surface area contributed by atoms with Crippen molar-refractivity contribution >= 4 is 6.09 Å². The standard InChI is InChI=1S/C10H20N2O3/c11-5-9(6-12-10(13)14)4-8-2-1-3-15-7-8/h8-9,12H,1-7,11H2,(H,13,14)/t8-,9?/m0/s1. The number of ether oxygens (including phenoxy) is 1. The summed E-state index contributed by atoms with van der Waals surface area (Å²) in [6.07, 6.45) is 2.25. The van der Waals surface area contributed by atoms with Gasteiger partial charge in [0, 0.05) is 19.8 Å². The third kappa shape index (κ3) is 4.99. The lowest BCUT2D eigenvalue weighted by molar-refractivity contribution is 0.0455. The van der Waals surface area contributed by atoms with E-state index in [0.717, 1.165) is 26.1 Å². The molecule has 1 rings (SSSR count). The van der Waals surface area contributed by atoms with Crippen LogP contribution in [-0.2, 0) is 4.74 Å². The average Bonchev–Trinajstić information content (AvgIpc) is 2.25. The molecule has 0 saturated carbocycles. The Balaban J connectivity index is 2.22. The predicted molar refractivity (Wildman–Crippen MR) is 56.7 cm³/mol. The van der Waals surface area contributed by atoms with Gasteiger partial charge in [-0.1, -0.05) is 0 Å². The molecule has 5 nitrogen and oxygen atoms in total. The molecule has 1 heterocycles. The molecule has 0 aromatic heterocycles. The Morgan fingerprint density at radius 1 is 1.67 bits per heavy atom. The second kappa shape index (κ2) is 6.63. The van der Waals surface area contributed by atoms with Crippen molar-refractivity contribution < 1.29 is 14.6 Å². The smallest absolute Gasteiger partial charge is 0.404 e. The minimum Gasteiger partial charge on any atom is -0.465 e. The second-order valence-electron chi connectivity index (χ2n) is 4.11. The zero-order valence-electron chi connectivity index (χ0n) is 8.95. The van der Waals surface area contributed by atoms with Crippen LogP contribution in [0.5, 0.6) is 0 Å². The van der Waals surface area contributed by atoms with Crippen LogP contribution in [0.15, 0.2) is 0 Å². The molecule has 0 radical (unpaired) electrons.